The lowest BCUT2D eigenvalue weighted by Gasteiger charge is -2.18. The Bertz CT molecular complexity index is 795. The first-order chi connectivity index (χ1) is 12.4. The molecular weight excluding hydrogens is 398 g/mol. The van der Waals surface area contributed by atoms with Gasteiger partial charge in [0.2, 0.25) is 5.91 Å². The number of nitrogens with one attached hydrogen (secondary N) is 2. The van der Waals surface area contributed by atoms with E-state index in [0.717, 1.165) is 15.8 Å². The molecule has 2 aromatic rings. The van der Waals surface area contributed by atoms with Gasteiger partial charge in [-0.1, -0.05) is 22.0 Å². The first kappa shape index (κ1) is 19.9. The van der Waals surface area contributed by atoms with Crippen molar-refractivity contribution in [3.05, 3.63) is 58.1 Å². The number of likely N-dealkylation sites (N-methyl/N-ethyl adjacent to an activating group) is 1. The molecule has 0 aliphatic heterocycles. The summed E-state index contributed by atoms with van der Waals surface area (Å²) in [5.74, 6) is 0.425. The Morgan fingerprint density at radius 2 is 1.96 bits per heavy atom. The van der Waals surface area contributed by atoms with Crippen molar-refractivity contribution in [2.45, 2.75) is 6.54 Å². The summed E-state index contributed by atoms with van der Waals surface area (Å²) in [5, 5.41) is 5.38. The summed E-state index contributed by atoms with van der Waals surface area (Å²) < 4.78 is 6.32. The van der Waals surface area contributed by atoms with Crippen molar-refractivity contribution < 1.29 is 14.3 Å². The molecule has 0 saturated heterocycles. The molecule has 2 rings (SSSR count). The van der Waals surface area contributed by atoms with Gasteiger partial charge in [-0.2, -0.15) is 0 Å². The van der Waals surface area contributed by atoms with Crippen molar-refractivity contribution in [1.82, 2.24) is 10.2 Å². The summed E-state index contributed by atoms with van der Waals surface area (Å²) in [6.45, 7) is 0.772. The molecule has 138 valence electrons. The van der Waals surface area contributed by atoms with Crippen LogP contribution in [-0.4, -0.2) is 44.5 Å². The van der Waals surface area contributed by atoms with Crippen LogP contribution in [0.5, 0.6) is 5.75 Å². The molecule has 0 aromatic heterocycles. The molecule has 7 heteroatoms. The van der Waals surface area contributed by atoms with Crippen LogP contribution in [0.1, 0.15) is 15.9 Å². The summed E-state index contributed by atoms with van der Waals surface area (Å²) in [7, 11) is 5.05. The number of rotatable bonds is 7. The minimum absolute atomic E-state index is 0.157. The van der Waals surface area contributed by atoms with Crippen LogP contribution < -0.4 is 15.4 Å². The third kappa shape index (κ3) is 5.57. The second kappa shape index (κ2) is 9.35. The standard InChI is InChI=1S/C19H22BrN3O3/c1-21-19(25)13-5-4-6-16(10-13)22-18(24)12-23(2)11-14-9-15(20)7-8-17(14)26-3/h4-10H,11-12H2,1-3H3,(H,21,25)(H,22,24). The van der Waals surface area contributed by atoms with Crippen molar-refractivity contribution in [2.24, 2.45) is 0 Å². The zero-order chi connectivity index (χ0) is 19.1. The SMILES string of the molecule is CNC(=O)c1cccc(NC(=O)CN(C)Cc2cc(Br)ccc2OC)c1. The zero-order valence-electron chi connectivity index (χ0n) is 15.0. The predicted molar refractivity (Wildman–Crippen MR) is 105 cm³/mol. The quantitative estimate of drug-likeness (QED) is 0.723. The number of carbonyl (C=O) groups excluding carboxylic acids is 2. The van der Waals surface area contributed by atoms with Gasteiger partial charge in [0, 0.05) is 34.9 Å². The van der Waals surface area contributed by atoms with E-state index in [0.29, 0.717) is 17.8 Å². The number of amides is 2. The highest BCUT2D eigenvalue weighted by Gasteiger charge is 2.12. The minimum atomic E-state index is -0.194. The van der Waals surface area contributed by atoms with Crippen LogP contribution in [0.3, 0.4) is 0 Å². The average molecular weight is 420 g/mol. The molecule has 0 fully saturated rings. The Labute approximate surface area is 161 Å². The van der Waals surface area contributed by atoms with Crippen molar-refractivity contribution >= 4 is 33.4 Å². The molecule has 0 aliphatic rings. The van der Waals surface area contributed by atoms with E-state index in [9.17, 15) is 9.59 Å². The second-order valence-electron chi connectivity index (χ2n) is 5.84. The zero-order valence-corrected chi connectivity index (χ0v) is 16.6. The summed E-state index contributed by atoms with van der Waals surface area (Å²) in [5.41, 5.74) is 2.07. The maximum absolute atomic E-state index is 12.3. The van der Waals surface area contributed by atoms with Gasteiger partial charge in [-0.25, -0.2) is 0 Å². The van der Waals surface area contributed by atoms with E-state index in [1.807, 2.05) is 30.1 Å². The van der Waals surface area contributed by atoms with E-state index in [4.69, 9.17) is 4.74 Å². The number of anilines is 1. The molecule has 6 nitrogen and oxygen atoms in total. The normalized spacial score (nSPS) is 10.5. The van der Waals surface area contributed by atoms with E-state index >= 15 is 0 Å². The highest BCUT2D eigenvalue weighted by Crippen LogP contribution is 2.24. The van der Waals surface area contributed by atoms with Gasteiger partial charge in [-0.15, -0.1) is 0 Å². The molecule has 0 saturated carbocycles. The van der Waals surface area contributed by atoms with Gasteiger partial charge in [0.1, 0.15) is 5.75 Å². The number of halogens is 1. The first-order valence-corrected chi connectivity index (χ1v) is 8.85. The van der Waals surface area contributed by atoms with Gasteiger partial charge in [-0.05, 0) is 43.4 Å². The Hall–Kier alpha value is -2.38. The summed E-state index contributed by atoms with van der Waals surface area (Å²) >= 11 is 3.45. The fourth-order valence-electron chi connectivity index (χ4n) is 2.55. The lowest BCUT2D eigenvalue weighted by molar-refractivity contribution is -0.117. The number of carbonyl (C=O) groups is 2. The fraction of sp³-hybridized carbons (Fsp3) is 0.263. The molecule has 0 bridgehead atoms. The van der Waals surface area contributed by atoms with Crippen LogP contribution in [0.2, 0.25) is 0 Å². The predicted octanol–water partition coefficient (Wildman–Crippen LogP) is 2.89. The number of hydrogen-bond donors (Lipinski definition) is 2. The van der Waals surface area contributed by atoms with Gasteiger partial charge >= 0.3 is 0 Å². The maximum Gasteiger partial charge on any atom is 0.251 e. The van der Waals surface area contributed by atoms with E-state index < -0.39 is 0 Å². The molecule has 0 aliphatic carbocycles. The summed E-state index contributed by atoms with van der Waals surface area (Å²) in [6.07, 6.45) is 0. The van der Waals surface area contributed by atoms with Gasteiger partial charge < -0.3 is 15.4 Å². The van der Waals surface area contributed by atoms with Gasteiger partial charge in [0.05, 0.1) is 13.7 Å². The van der Waals surface area contributed by atoms with Gasteiger partial charge in [0.15, 0.2) is 0 Å². The van der Waals surface area contributed by atoms with Crippen molar-refractivity contribution in [1.29, 1.82) is 0 Å². The topological polar surface area (TPSA) is 70.7 Å². The second-order valence-corrected chi connectivity index (χ2v) is 6.75. The third-order valence-corrected chi connectivity index (χ3v) is 4.23. The van der Waals surface area contributed by atoms with Crippen LogP contribution in [0.25, 0.3) is 0 Å². The number of hydrogen-bond acceptors (Lipinski definition) is 4. The number of methoxy groups -OCH3 is 1. The highest BCUT2D eigenvalue weighted by atomic mass is 79.9. The lowest BCUT2D eigenvalue weighted by Crippen LogP contribution is -2.30. The van der Waals surface area contributed by atoms with Crippen LogP contribution >= 0.6 is 15.9 Å². The van der Waals surface area contributed by atoms with E-state index in [1.165, 1.54) is 0 Å². The Kier molecular flexibility index (Phi) is 7.17. The smallest absolute Gasteiger partial charge is 0.251 e. The molecule has 0 heterocycles. The highest BCUT2D eigenvalue weighted by molar-refractivity contribution is 9.10. The molecule has 0 radical (unpaired) electrons. The van der Waals surface area contributed by atoms with E-state index in [-0.39, 0.29) is 18.4 Å². The number of nitrogens with zero attached hydrogens (tertiary/aromatic N) is 1. The number of ether oxygens (including phenoxy) is 1. The van der Waals surface area contributed by atoms with Crippen molar-refractivity contribution in [3.8, 4) is 5.75 Å². The maximum atomic E-state index is 12.3. The Morgan fingerprint density at radius 3 is 2.65 bits per heavy atom. The Morgan fingerprint density at radius 1 is 1.19 bits per heavy atom. The monoisotopic (exact) mass is 419 g/mol. The van der Waals surface area contributed by atoms with E-state index in [2.05, 4.69) is 26.6 Å². The third-order valence-electron chi connectivity index (χ3n) is 3.73. The lowest BCUT2D eigenvalue weighted by atomic mass is 10.2. The van der Waals surface area contributed by atoms with Crippen molar-refractivity contribution in [2.75, 3.05) is 33.1 Å². The molecule has 2 aromatic carbocycles. The van der Waals surface area contributed by atoms with Gasteiger partial charge in [0.25, 0.3) is 5.91 Å². The molecule has 0 spiro atoms. The minimum Gasteiger partial charge on any atom is -0.496 e. The first-order valence-electron chi connectivity index (χ1n) is 8.06. The van der Waals surface area contributed by atoms with Crippen LogP contribution in [0.4, 0.5) is 5.69 Å². The molecule has 2 N–H and O–H groups in total. The van der Waals surface area contributed by atoms with Crippen LogP contribution in [0.15, 0.2) is 46.9 Å². The fourth-order valence-corrected chi connectivity index (χ4v) is 2.95. The molecule has 26 heavy (non-hydrogen) atoms. The molecule has 0 atom stereocenters. The summed E-state index contributed by atoms with van der Waals surface area (Å²) in [4.78, 5) is 25.9. The molecule has 2 amide bonds. The Balaban J connectivity index is 1.97. The number of benzene rings is 2. The van der Waals surface area contributed by atoms with Crippen LogP contribution in [-0.2, 0) is 11.3 Å². The van der Waals surface area contributed by atoms with Crippen molar-refractivity contribution in [3.63, 3.8) is 0 Å². The van der Waals surface area contributed by atoms with E-state index in [1.54, 1.807) is 38.4 Å². The largest absolute Gasteiger partial charge is 0.496 e. The van der Waals surface area contributed by atoms with Gasteiger partial charge in [-0.3, -0.25) is 14.5 Å². The molecular formula is C19H22BrN3O3. The average Bonchev–Trinajstić information content (AvgIpc) is 2.61. The molecule has 0 unspecified atom stereocenters. The van der Waals surface area contributed by atoms with Crippen LogP contribution in [0, 0.1) is 0 Å². The summed E-state index contributed by atoms with van der Waals surface area (Å²) in [6, 6.07) is 12.6.